The van der Waals surface area contributed by atoms with Crippen molar-refractivity contribution in [2.24, 2.45) is 0 Å². The quantitative estimate of drug-likeness (QED) is 0.354. The topological polar surface area (TPSA) is 74.9 Å². The van der Waals surface area contributed by atoms with Crippen molar-refractivity contribution in [3.8, 4) is 6.07 Å². The molecule has 0 aliphatic carbocycles. The molecular formula is C22H15ClF3N3O2S2. The first-order chi connectivity index (χ1) is 15.6. The fourth-order valence-electron chi connectivity index (χ4n) is 3.47. The Morgan fingerprint density at radius 1 is 1.15 bits per heavy atom. The molecule has 0 saturated carbocycles. The number of halogens is 4. The van der Waals surface area contributed by atoms with Crippen LogP contribution in [0.2, 0.25) is 5.02 Å². The lowest BCUT2D eigenvalue weighted by atomic mass is 10.0. The summed E-state index contributed by atoms with van der Waals surface area (Å²) in [6.45, 7) is 0.199. The second-order valence-corrected chi connectivity index (χ2v) is 10.5. The van der Waals surface area contributed by atoms with Gasteiger partial charge in [0.15, 0.2) is 0 Å². The van der Waals surface area contributed by atoms with Gasteiger partial charge in [-0.3, -0.25) is 0 Å². The lowest BCUT2D eigenvalue weighted by Gasteiger charge is -2.21. The van der Waals surface area contributed by atoms with Gasteiger partial charge in [0.2, 0.25) is 0 Å². The van der Waals surface area contributed by atoms with Crippen molar-refractivity contribution in [3.63, 3.8) is 0 Å². The average Bonchev–Trinajstić information content (AvgIpc) is 3.42. The van der Waals surface area contributed by atoms with Crippen LogP contribution in [0.1, 0.15) is 22.7 Å². The summed E-state index contributed by atoms with van der Waals surface area (Å²) in [6.07, 6.45) is -3.63. The van der Waals surface area contributed by atoms with Gasteiger partial charge in [-0.25, -0.2) is 8.42 Å². The zero-order valence-corrected chi connectivity index (χ0v) is 19.1. The largest absolute Gasteiger partial charge is 0.408 e. The number of thiophene rings is 1. The van der Waals surface area contributed by atoms with E-state index in [4.69, 9.17) is 11.6 Å². The van der Waals surface area contributed by atoms with Crippen LogP contribution in [0.5, 0.6) is 0 Å². The van der Waals surface area contributed by atoms with E-state index in [1.54, 1.807) is 28.8 Å². The molecule has 0 radical (unpaired) electrons. The minimum atomic E-state index is -4.91. The van der Waals surface area contributed by atoms with E-state index >= 15 is 0 Å². The number of alkyl halides is 3. The molecule has 4 rings (SSSR count). The van der Waals surface area contributed by atoms with Crippen LogP contribution in [0.3, 0.4) is 0 Å². The van der Waals surface area contributed by atoms with Gasteiger partial charge in [0, 0.05) is 34.2 Å². The van der Waals surface area contributed by atoms with E-state index in [-0.39, 0.29) is 27.3 Å². The van der Waals surface area contributed by atoms with Crippen LogP contribution in [-0.4, -0.2) is 19.2 Å². The van der Waals surface area contributed by atoms with Crippen molar-refractivity contribution in [3.05, 3.63) is 87.9 Å². The highest BCUT2D eigenvalue weighted by atomic mass is 35.5. The van der Waals surface area contributed by atoms with Crippen molar-refractivity contribution in [1.29, 1.82) is 5.26 Å². The number of fused-ring (bicyclic) bond motifs is 1. The molecule has 0 saturated heterocycles. The van der Waals surface area contributed by atoms with Gasteiger partial charge in [-0.1, -0.05) is 35.9 Å². The number of nitriles is 1. The summed E-state index contributed by atoms with van der Waals surface area (Å²) in [6, 6.07) is 13.3. The Morgan fingerprint density at radius 2 is 1.88 bits per heavy atom. The Hall–Kier alpha value is -2.84. The maximum Gasteiger partial charge on any atom is 0.408 e. The first kappa shape index (κ1) is 23.3. The summed E-state index contributed by atoms with van der Waals surface area (Å²) in [4.78, 5) is 0. The fourth-order valence-corrected chi connectivity index (χ4v) is 5.81. The molecule has 4 aromatic rings. The maximum absolute atomic E-state index is 14.1. The smallest absolute Gasteiger partial charge is 0.343 e. The highest BCUT2D eigenvalue weighted by Crippen LogP contribution is 2.39. The molecule has 1 unspecified atom stereocenters. The van der Waals surface area contributed by atoms with E-state index in [1.165, 1.54) is 41.9 Å². The van der Waals surface area contributed by atoms with Gasteiger partial charge in [0.25, 0.3) is 10.0 Å². The third-order valence-electron chi connectivity index (χ3n) is 4.98. The first-order valence-corrected chi connectivity index (χ1v) is 12.2. The van der Waals surface area contributed by atoms with E-state index in [0.29, 0.717) is 10.5 Å². The monoisotopic (exact) mass is 509 g/mol. The van der Waals surface area contributed by atoms with Gasteiger partial charge in [0.05, 0.1) is 11.6 Å². The summed E-state index contributed by atoms with van der Waals surface area (Å²) in [5.41, 5.74) is 1.17. The van der Waals surface area contributed by atoms with Crippen molar-refractivity contribution in [2.75, 3.05) is 0 Å². The van der Waals surface area contributed by atoms with Crippen LogP contribution in [0.4, 0.5) is 13.2 Å². The molecule has 33 heavy (non-hydrogen) atoms. The fraction of sp³-hybridized carbons (Fsp3) is 0.136. The lowest BCUT2D eigenvalue weighted by Crippen LogP contribution is -2.37. The molecule has 170 valence electrons. The summed E-state index contributed by atoms with van der Waals surface area (Å²) < 4.78 is 70.8. The Labute approximate surface area is 196 Å². The zero-order chi connectivity index (χ0) is 23.8. The second kappa shape index (κ2) is 8.83. The molecule has 0 bridgehead atoms. The number of nitrogens with zero attached hydrogens (tertiary/aromatic N) is 2. The molecule has 0 aliphatic heterocycles. The number of hydrogen-bond acceptors (Lipinski definition) is 4. The zero-order valence-electron chi connectivity index (χ0n) is 16.7. The molecule has 0 fully saturated rings. The third-order valence-corrected chi connectivity index (χ3v) is 8.05. The predicted octanol–water partition coefficient (Wildman–Crippen LogP) is 5.86. The number of rotatable bonds is 6. The number of hydrogen-bond donors (Lipinski definition) is 1. The van der Waals surface area contributed by atoms with Crippen molar-refractivity contribution in [2.45, 2.75) is 23.0 Å². The Bertz CT molecular complexity index is 1440. The highest BCUT2D eigenvalue weighted by Gasteiger charge is 2.45. The molecule has 2 aromatic heterocycles. The number of benzene rings is 2. The molecule has 0 amide bonds. The van der Waals surface area contributed by atoms with Gasteiger partial charge in [-0.2, -0.15) is 23.2 Å². The van der Waals surface area contributed by atoms with Crippen LogP contribution in [-0.2, 0) is 16.6 Å². The Kier molecular flexibility index (Phi) is 6.24. The van der Waals surface area contributed by atoms with E-state index in [9.17, 15) is 26.9 Å². The number of aromatic nitrogens is 1. The van der Waals surface area contributed by atoms with Crippen molar-refractivity contribution < 1.29 is 21.6 Å². The molecule has 11 heteroatoms. The molecule has 1 N–H and O–H groups in total. The van der Waals surface area contributed by atoms with Crippen LogP contribution < -0.4 is 4.72 Å². The number of sulfonamides is 1. The van der Waals surface area contributed by atoms with Gasteiger partial charge >= 0.3 is 6.18 Å². The van der Waals surface area contributed by atoms with Crippen LogP contribution in [0.15, 0.2) is 70.4 Å². The van der Waals surface area contributed by atoms with Crippen LogP contribution >= 0.6 is 22.9 Å². The molecular weight excluding hydrogens is 495 g/mol. The second-order valence-electron chi connectivity index (χ2n) is 7.21. The van der Waals surface area contributed by atoms with Crippen molar-refractivity contribution in [1.82, 2.24) is 9.29 Å². The summed E-state index contributed by atoms with van der Waals surface area (Å²) in [5.74, 6) is 0. The summed E-state index contributed by atoms with van der Waals surface area (Å²) in [5, 5.41) is 11.4. The normalized spacial score (nSPS) is 13.2. The molecule has 5 nitrogen and oxygen atoms in total. The highest BCUT2D eigenvalue weighted by molar-refractivity contribution is 7.91. The molecule has 2 heterocycles. The minimum absolute atomic E-state index is 0.194. The van der Waals surface area contributed by atoms with Crippen molar-refractivity contribution >= 4 is 43.9 Å². The average molecular weight is 510 g/mol. The molecule has 1 atom stereocenters. The van der Waals surface area contributed by atoms with E-state index in [0.717, 1.165) is 16.9 Å². The lowest BCUT2D eigenvalue weighted by molar-refractivity contribution is -0.152. The van der Waals surface area contributed by atoms with E-state index < -0.39 is 22.2 Å². The maximum atomic E-state index is 14.1. The van der Waals surface area contributed by atoms with Crippen LogP contribution in [0.25, 0.3) is 10.9 Å². The van der Waals surface area contributed by atoms with E-state index in [2.05, 4.69) is 0 Å². The molecule has 2 aromatic carbocycles. The van der Waals surface area contributed by atoms with Gasteiger partial charge in [-0.05, 0) is 41.3 Å². The Balaban J connectivity index is 1.85. The summed E-state index contributed by atoms with van der Waals surface area (Å²) in [7, 11) is -4.41. The van der Waals surface area contributed by atoms with Crippen LogP contribution in [0, 0.1) is 11.3 Å². The Morgan fingerprint density at radius 3 is 2.48 bits per heavy atom. The van der Waals surface area contributed by atoms with Gasteiger partial charge in [-0.15, -0.1) is 11.3 Å². The first-order valence-electron chi connectivity index (χ1n) is 9.48. The predicted molar refractivity (Wildman–Crippen MR) is 121 cm³/mol. The SMILES string of the molecule is N#Cc1ccc2c(C(NS(=O)(=O)c3cccs3)C(F)(F)F)cn(Cc3ccc(Cl)cc3)c2c1. The van der Waals surface area contributed by atoms with E-state index in [1.807, 2.05) is 10.8 Å². The molecule has 0 aliphatic rings. The molecule has 0 spiro atoms. The summed E-state index contributed by atoms with van der Waals surface area (Å²) >= 11 is 6.74. The third kappa shape index (κ3) is 4.91. The van der Waals surface area contributed by atoms with Gasteiger partial charge in [0.1, 0.15) is 10.3 Å². The standard InChI is InChI=1S/C22H15ClF3N3O2S2/c23-16-6-3-14(4-7-16)12-29-13-18(17-8-5-15(11-27)10-19(17)29)21(22(24,25)26)28-33(30,31)20-2-1-9-32-20/h1-10,13,21,28H,12H2. The number of nitrogens with one attached hydrogen (secondary N) is 1. The minimum Gasteiger partial charge on any atom is -0.343 e. The van der Waals surface area contributed by atoms with Gasteiger partial charge < -0.3 is 4.57 Å².